The van der Waals surface area contributed by atoms with E-state index in [2.05, 4.69) is 51.6 Å². The lowest BCUT2D eigenvalue weighted by Gasteiger charge is -2.30. The molecule has 2 fully saturated rings. The second-order valence-corrected chi connectivity index (χ2v) is 8.27. The summed E-state index contributed by atoms with van der Waals surface area (Å²) in [5.74, 6) is 1.61. The summed E-state index contributed by atoms with van der Waals surface area (Å²) in [4.78, 5) is 1.31. The topological polar surface area (TPSA) is 35.8 Å². The van der Waals surface area contributed by atoms with E-state index in [0.29, 0.717) is 12.0 Å². The largest absolute Gasteiger partial charge is 0.296 e. The fraction of sp³-hybridized carbons (Fsp3) is 0.588. The van der Waals surface area contributed by atoms with Crippen molar-refractivity contribution in [3.05, 3.63) is 28.7 Å². The van der Waals surface area contributed by atoms with Gasteiger partial charge in [0, 0.05) is 15.4 Å². The second kappa shape index (κ2) is 6.73. The first-order valence-corrected chi connectivity index (χ1v) is 9.57. The monoisotopic (exact) mass is 364 g/mol. The Kier molecular flexibility index (Phi) is 4.93. The van der Waals surface area contributed by atoms with Crippen LogP contribution in [0.5, 0.6) is 0 Å². The summed E-state index contributed by atoms with van der Waals surface area (Å²) in [5.41, 5.74) is -0.237. The molecule has 0 amide bonds. The van der Waals surface area contributed by atoms with Crippen LogP contribution in [0.15, 0.2) is 33.6 Å². The molecule has 1 aromatic carbocycles. The van der Waals surface area contributed by atoms with Crippen LogP contribution in [0.4, 0.5) is 0 Å². The number of nitrogens with one attached hydrogen (secondary N) is 1. The van der Waals surface area contributed by atoms with Gasteiger partial charge in [-0.2, -0.15) is 5.26 Å². The molecule has 1 aromatic rings. The zero-order valence-electron chi connectivity index (χ0n) is 12.1. The van der Waals surface area contributed by atoms with Gasteiger partial charge in [0.05, 0.1) is 6.07 Å². The highest BCUT2D eigenvalue weighted by Gasteiger charge is 2.45. The van der Waals surface area contributed by atoms with E-state index >= 15 is 0 Å². The molecule has 0 aliphatic heterocycles. The third-order valence-electron chi connectivity index (χ3n) is 4.59. The maximum absolute atomic E-state index is 9.69. The predicted octanol–water partition coefficient (Wildman–Crippen LogP) is 4.75. The smallest absolute Gasteiger partial charge is 0.109 e. The summed E-state index contributed by atoms with van der Waals surface area (Å²) in [6.45, 7) is 0. The Balaban J connectivity index is 1.55. The number of halogens is 1. The molecular formula is C17H21BrN2S. The van der Waals surface area contributed by atoms with Crippen molar-refractivity contribution < 1.29 is 0 Å². The lowest BCUT2D eigenvalue weighted by atomic mass is 9.86. The first-order valence-electron chi connectivity index (χ1n) is 7.79. The molecule has 0 saturated heterocycles. The first-order chi connectivity index (χ1) is 10.2. The lowest BCUT2D eigenvalue weighted by molar-refractivity contribution is 0.308. The van der Waals surface area contributed by atoms with E-state index in [1.54, 1.807) is 0 Å². The molecule has 2 nitrogen and oxygen atoms in total. The summed E-state index contributed by atoms with van der Waals surface area (Å²) in [6, 6.07) is 11.7. The van der Waals surface area contributed by atoms with E-state index in [0.717, 1.165) is 23.1 Å². The Morgan fingerprint density at radius 1 is 1.38 bits per heavy atom. The van der Waals surface area contributed by atoms with Gasteiger partial charge in [-0.05, 0) is 62.0 Å². The second-order valence-electron chi connectivity index (χ2n) is 6.19. The van der Waals surface area contributed by atoms with Crippen molar-refractivity contribution >= 4 is 27.7 Å². The highest BCUT2D eigenvalue weighted by Crippen LogP contribution is 2.41. The van der Waals surface area contributed by atoms with Gasteiger partial charge in [0.1, 0.15) is 5.54 Å². The van der Waals surface area contributed by atoms with Gasteiger partial charge in [-0.3, -0.25) is 5.32 Å². The van der Waals surface area contributed by atoms with Crippen LogP contribution in [0.2, 0.25) is 0 Å². The average molecular weight is 365 g/mol. The Bertz CT molecular complexity index is 538. The predicted molar refractivity (Wildman–Crippen MR) is 91.3 cm³/mol. The van der Waals surface area contributed by atoms with Crippen LogP contribution in [0.1, 0.15) is 38.5 Å². The Morgan fingerprint density at radius 2 is 2.24 bits per heavy atom. The Hall–Kier alpha value is -0.500. The van der Waals surface area contributed by atoms with Gasteiger partial charge in [-0.15, -0.1) is 11.8 Å². The molecular weight excluding hydrogens is 344 g/mol. The van der Waals surface area contributed by atoms with Gasteiger partial charge in [-0.1, -0.05) is 28.4 Å². The fourth-order valence-electron chi connectivity index (χ4n) is 3.31. The molecule has 0 aromatic heterocycles. The van der Waals surface area contributed by atoms with Crippen LogP contribution in [-0.2, 0) is 0 Å². The van der Waals surface area contributed by atoms with E-state index in [1.807, 2.05) is 11.8 Å². The quantitative estimate of drug-likeness (QED) is 0.740. The Labute approximate surface area is 139 Å². The van der Waals surface area contributed by atoms with Crippen LogP contribution in [0.3, 0.4) is 0 Å². The number of nitriles is 1. The Morgan fingerprint density at radius 3 is 2.95 bits per heavy atom. The van der Waals surface area contributed by atoms with Crippen molar-refractivity contribution in [2.45, 2.75) is 55.0 Å². The highest BCUT2D eigenvalue weighted by molar-refractivity contribution is 9.10. The molecule has 2 saturated carbocycles. The summed E-state index contributed by atoms with van der Waals surface area (Å²) in [7, 11) is 0. The van der Waals surface area contributed by atoms with Crippen molar-refractivity contribution in [1.82, 2.24) is 5.32 Å². The molecule has 0 spiro atoms. The molecule has 112 valence electrons. The molecule has 1 N–H and O–H groups in total. The highest BCUT2D eigenvalue weighted by atomic mass is 79.9. The fourth-order valence-corrected chi connectivity index (χ4v) is 4.88. The number of nitrogens with zero attached hydrogens (tertiary/aromatic N) is 1. The summed E-state index contributed by atoms with van der Waals surface area (Å²) < 4.78 is 1.13. The zero-order chi connectivity index (χ0) is 14.7. The third-order valence-corrected chi connectivity index (χ3v) is 6.11. The van der Waals surface area contributed by atoms with Crippen molar-refractivity contribution in [3.8, 4) is 6.07 Å². The third kappa shape index (κ3) is 3.83. The number of hydrogen-bond acceptors (Lipinski definition) is 3. The van der Waals surface area contributed by atoms with Crippen LogP contribution < -0.4 is 5.32 Å². The van der Waals surface area contributed by atoms with Crippen molar-refractivity contribution in [1.29, 1.82) is 5.26 Å². The van der Waals surface area contributed by atoms with Gasteiger partial charge < -0.3 is 0 Å². The van der Waals surface area contributed by atoms with Gasteiger partial charge in [0.15, 0.2) is 0 Å². The zero-order valence-corrected chi connectivity index (χ0v) is 14.5. The molecule has 0 bridgehead atoms. The number of benzene rings is 1. The molecule has 3 rings (SSSR count). The van der Waals surface area contributed by atoms with Crippen LogP contribution in [0, 0.1) is 17.2 Å². The normalized spacial score (nSPS) is 28.5. The minimum Gasteiger partial charge on any atom is -0.296 e. The van der Waals surface area contributed by atoms with Crippen molar-refractivity contribution in [2.75, 3.05) is 5.75 Å². The molecule has 21 heavy (non-hydrogen) atoms. The number of hydrogen-bond donors (Lipinski definition) is 1. The van der Waals surface area contributed by atoms with Gasteiger partial charge in [0.25, 0.3) is 0 Å². The van der Waals surface area contributed by atoms with Gasteiger partial charge in [0.2, 0.25) is 0 Å². The van der Waals surface area contributed by atoms with Crippen LogP contribution in [-0.4, -0.2) is 17.3 Å². The van der Waals surface area contributed by atoms with Gasteiger partial charge in [-0.25, -0.2) is 0 Å². The maximum Gasteiger partial charge on any atom is 0.109 e. The molecule has 4 heteroatoms. The molecule has 2 aliphatic carbocycles. The average Bonchev–Trinajstić information content (AvgIpc) is 3.20. The minimum absolute atomic E-state index is 0.237. The van der Waals surface area contributed by atoms with E-state index in [-0.39, 0.29) is 5.54 Å². The van der Waals surface area contributed by atoms with Crippen LogP contribution >= 0.6 is 27.7 Å². The van der Waals surface area contributed by atoms with E-state index in [4.69, 9.17) is 0 Å². The molecule has 2 atom stereocenters. The molecule has 0 radical (unpaired) electrons. The molecule has 0 heterocycles. The van der Waals surface area contributed by atoms with E-state index in [9.17, 15) is 5.26 Å². The van der Waals surface area contributed by atoms with Crippen molar-refractivity contribution in [3.63, 3.8) is 0 Å². The molecule has 2 unspecified atom stereocenters. The summed E-state index contributed by atoms with van der Waals surface area (Å²) in [6.07, 6.45) is 7.06. The van der Waals surface area contributed by atoms with E-state index < -0.39 is 0 Å². The van der Waals surface area contributed by atoms with E-state index in [1.165, 1.54) is 30.6 Å². The molecule has 2 aliphatic rings. The van der Waals surface area contributed by atoms with Gasteiger partial charge >= 0.3 is 0 Å². The standard InChI is InChI=1S/C17H21BrN2S/c18-14-4-1-5-16(11-14)21-10-8-13-3-2-9-17(13,12-19)20-15-6-7-15/h1,4-5,11,13,15,20H,2-3,6-10H2. The number of rotatable bonds is 6. The van der Waals surface area contributed by atoms with Crippen molar-refractivity contribution in [2.24, 2.45) is 5.92 Å². The van der Waals surface area contributed by atoms with Crippen LogP contribution in [0.25, 0.3) is 0 Å². The summed E-state index contributed by atoms with van der Waals surface area (Å²) >= 11 is 5.42. The lowest BCUT2D eigenvalue weighted by Crippen LogP contribution is -2.48. The first kappa shape index (κ1) is 15.4. The maximum atomic E-state index is 9.69. The SMILES string of the molecule is N#CC1(NC2CC2)CCCC1CCSc1cccc(Br)c1. The number of thioether (sulfide) groups is 1. The minimum atomic E-state index is -0.237. The summed E-state index contributed by atoms with van der Waals surface area (Å²) in [5, 5.41) is 13.3.